The van der Waals surface area contributed by atoms with Crippen molar-refractivity contribution in [3.05, 3.63) is 60.2 Å². The molecule has 0 aromatic heterocycles. The Hall–Kier alpha value is -2.04. The average Bonchev–Trinajstić information content (AvgIpc) is 3.09. The third-order valence-corrected chi connectivity index (χ3v) is 4.72. The molecule has 0 spiro atoms. The highest BCUT2D eigenvalue weighted by Gasteiger charge is 2.47. The molecule has 0 N–H and O–H groups in total. The second kappa shape index (κ2) is 6.22. The van der Waals surface area contributed by atoms with Gasteiger partial charge in [0.15, 0.2) is 6.29 Å². The van der Waals surface area contributed by atoms with Crippen molar-refractivity contribution in [1.29, 1.82) is 0 Å². The fourth-order valence-electron chi connectivity index (χ4n) is 3.49. The molecule has 2 heterocycles. The van der Waals surface area contributed by atoms with E-state index in [4.69, 9.17) is 14.2 Å². The standard InChI is InChI=1S/C19H21NO3/c1-21-16-9-7-15(8-10-16)20-13-17(14-5-3-2-4-6-14)18(20)19-22-11-12-23-19/h2-10,17-19H,11-13H2,1H3/t17-,18-/m0/s1. The third-order valence-electron chi connectivity index (χ3n) is 4.72. The molecule has 0 aliphatic carbocycles. The number of ether oxygens (including phenoxy) is 3. The predicted molar refractivity (Wildman–Crippen MR) is 89.0 cm³/mol. The summed E-state index contributed by atoms with van der Waals surface area (Å²) in [4.78, 5) is 2.37. The van der Waals surface area contributed by atoms with Gasteiger partial charge in [0, 0.05) is 18.2 Å². The lowest BCUT2D eigenvalue weighted by Crippen LogP contribution is -2.60. The minimum Gasteiger partial charge on any atom is -0.497 e. The second-order valence-electron chi connectivity index (χ2n) is 5.97. The fourth-order valence-corrected chi connectivity index (χ4v) is 3.49. The molecule has 2 aromatic rings. The van der Waals surface area contributed by atoms with E-state index in [1.54, 1.807) is 7.11 Å². The topological polar surface area (TPSA) is 30.9 Å². The molecular weight excluding hydrogens is 290 g/mol. The maximum Gasteiger partial charge on any atom is 0.178 e. The van der Waals surface area contributed by atoms with Crippen LogP contribution >= 0.6 is 0 Å². The molecule has 2 aliphatic rings. The van der Waals surface area contributed by atoms with Crippen molar-refractivity contribution in [3.63, 3.8) is 0 Å². The van der Waals surface area contributed by atoms with Gasteiger partial charge >= 0.3 is 0 Å². The van der Waals surface area contributed by atoms with Gasteiger partial charge in [0.05, 0.1) is 26.4 Å². The quantitative estimate of drug-likeness (QED) is 0.868. The number of anilines is 1. The lowest BCUT2D eigenvalue weighted by molar-refractivity contribution is -0.0777. The predicted octanol–water partition coefficient (Wildman–Crippen LogP) is 3.04. The second-order valence-corrected chi connectivity index (χ2v) is 5.97. The monoisotopic (exact) mass is 311 g/mol. The fraction of sp³-hybridized carbons (Fsp3) is 0.368. The highest BCUT2D eigenvalue weighted by atomic mass is 16.7. The largest absolute Gasteiger partial charge is 0.497 e. The number of nitrogens with zero attached hydrogens (tertiary/aromatic N) is 1. The maximum atomic E-state index is 5.82. The van der Waals surface area contributed by atoms with E-state index in [0.29, 0.717) is 19.1 Å². The van der Waals surface area contributed by atoms with E-state index >= 15 is 0 Å². The van der Waals surface area contributed by atoms with Crippen molar-refractivity contribution < 1.29 is 14.2 Å². The molecule has 0 unspecified atom stereocenters. The summed E-state index contributed by atoms with van der Waals surface area (Å²) >= 11 is 0. The van der Waals surface area contributed by atoms with Crippen LogP contribution in [0.1, 0.15) is 11.5 Å². The summed E-state index contributed by atoms with van der Waals surface area (Å²) in [5, 5.41) is 0. The first-order valence-electron chi connectivity index (χ1n) is 8.05. The van der Waals surface area contributed by atoms with E-state index in [-0.39, 0.29) is 12.3 Å². The molecule has 120 valence electrons. The zero-order valence-electron chi connectivity index (χ0n) is 13.2. The first-order valence-corrected chi connectivity index (χ1v) is 8.05. The van der Waals surface area contributed by atoms with Crippen LogP contribution in [0.15, 0.2) is 54.6 Å². The van der Waals surface area contributed by atoms with Crippen LogP contribution in [0.3, 0.4) is 0 Å². The molecule has 4 nitrogen and oxygen atoms in total. The van der Waals surface area contributed by atoms with Crippen molar-refractivity contribution in [3.8, 4) is 5.75 Å². The van der Waals surface area contributed by atoms with Gasteiger partial charge in [-0.2, -0.15) is 0 Å². The van der Waals surface area contributed by atoms with E-state index in [2.05, 4.69) is 47.4 Å². The molecule has 2 aliphatic heterocycles. The van der Waals surface area contributed by atoms with Gasteiger partial charge in [-0.1, -0.05) is 30.3 Å². The molecule has 0 amide bonds. The van der Waals surface area contributed by atoms with Crippen LogP contribution in [0.5, 0.6) is 5.75 Å². The minimum atomic E-state index is -0.156. The first-order chi connectivity index (χ1) is 11.4. The molecule has 0 radical (unpaired) electrons. The van der Waals surface area contributed by atoms with Crippen molar-refractivity contribution in [2.24, 2.45) is 0 Å². The van der Waals surface area contributed by atoms with Gasteiger partial charge in [-0.25, -0.2) is 0 Å². The van der Waals surface area contributed by atoms with Crippen molar-refractivity contribution in [1.82, 2.24) is 0 Å². The van der Waals surface area contributed by atoms with Crippen molar-refractivity contribution in [2.75, 3.05) is 31.8 Å². The summed E-state index contributed by atoms with van der Waals surface area (Å²) < 4.78 is 16.9. The Morgan fingerprint density at radius 3 is 2.30 bits per heavy atom. The average molecular weight is 311 g/mol. The zero-order valence-corrected chi connectivity index (χ0v) is 13.2. The Morgan fingerprint density at radius 2 is 1.65 bits per heavy atom. The van der Waals surface area contributed by atoms with Crippen LogP contribution in [0.25, 0.3) is 0 Å². The lowest BCUT2D eigenvalue weighted by Gasteiger charge is -2.51. The van der Waals surface area contributed by atoms with Crippen LogP contribution in [-0.2, 0) is 9.47 Å². The van der Waals surface area contributed by atoms with Gasteiger partial charge < -0.3 is 19.1 Å². The van der Waals surface area contributed by atoms with Gasteiger partial charge in [-0.3, -0.25) is 0 Å². The number of rotatable bonds is 4. The Bertz CT molecular complexity index is 637. The highest BCUT2D eigenvalue weighted by molar-refractivity contribution is 5.55. The molecule has 2 atom stereocenters. The number of benzene rings is 2. The van der Waals surface area contributed by atoms with E-state index in [0.717, 1.165) is 12.3 Å². The normalized spacial score (nSPS) is 24.5. The molecule has 0 bridgehead atoms. The molecule has 2 fully saturated rings. The van der Waals surface area contributed by atoms with E-state index in [1.165, 1.54) is 11.3 Å². The molecule has 2 saturated heterocycles. The van der Waals surface area contributed by atoms with Gasteiger partial charge in [-0.05, 0) is 29.8 Å². The molecule has 4 heteroatoms. The minimum absolute atomic E-state index is 0.156. The van der Waals surface area contributed by atoms with Crippen LogP contribution in [0, 0.1) is 0 Å². The van der Waals surface area contributed by atoms with Gasteiger partial charge in [0.1, 0.15) is 5.75 Å². The third kappa shape index (κ3) is 2.69. The molecular formula is C19H21NO3. The highest BCUT2D eigenvalue weighted by Crippen LogP contribution is 2.41. The van der Waals surface area contributed by atoms with Gasteiger partial charge in [0.25, 0.3) is 0 Å². The SMILES string of the molecule is COc1ccc(N2C[C@@H](c3ccccc3)[C@H]2C2OCCO2)cc1. The maximum absolute atomic E-state index is 5.82. The van der Waals surface area contributed by atoms with E-state index in [1.807, 2.05) is 12.1 Å². The van der Waals surface area contributed by atoms with E-state index < -0.39 is 0 Å². The molecule has 4 rings (SSSR count). The van der Waals surface area contributed by atoms with Crippen LogP contribution in [0.4, 0.5) is 5.69 Å². The number of hydrogen-bond donors (Lipinski definition) is 0. The molecule has 2 aromatic carbocycles. The Kier molecular flexibility index (Phi) is 3.93. The van der Waals surface area contributed by atoms with Crippen molar-refractivity contribution in [2.45, 2.75) is 18.2 Å². The van der Waals surface area contributed by atoms with Gasteiger partial charge in [-0.15, -0.1) is 0 Å². The molecule has 23 heavy (non-hydrogen) atoms. The smallest absolute Gasteiger partial charge is 0.178 e. The summed E-state index contributed by atoms with van der Waals surface area (Å²) in [5.41, 5.74) is 2.53. The Morgan fingerprint density at radius 1 is 0.957 bits per heavy atom. The van der Waals surface area contributed by atoms with Gasteiger partial charge in [0.2, 0.25) is 0 Å². The number of hydrogen-bond acceptors (Lipinski definition) is 4. The zero-order chi connectivity index (χ0) is 15.6. The first kappa shape index (κ1) is 14.5. The molecule has 0 saturated carbocycles. The Labute approximate surface area is 136 Å². The van der Waals surface area contributed by atoms with Crippen molar-refractivity contribution >= 4 is 5.69 Å². The Balaban J connectivity index is 1.59. The number of methoxy groups -OCH3 is 1. The van der Waals surface area contributed by atoms with Crippen LogP contribution < -0.4 is 9.64 Å². The summed E-state index contributed by atoms with van der Waals surface area (Å²) in [5.74, 6) is 1.31. The van der Waals surface area contributed by atoms with Crippen LogP contribution in [0.2, 0.25) is 0 Å². The summed E-state index contributed by atoms with van der Waals surface area (Å²) in [6.07, 6.45) is -0.156. The lowest BCUT2D eigenvalue weighted by atomic mass is 9.81. The van der Waals surface area contributed by atoms with E-state index in [9.17, 15) is 0 Å². The van der Waals surface area contributed by atoms with Crippen LogP contribution in [-0.4, -0.2) is 39.2 Å². The summed E-state index contributed by atoms with van der Waals surface area (Å²) in [6.45, 7) is 2.34. The summed E-state index contributed by atoms with van der Waals surface area (Å²) in [6, 6.07) is 19.0. The summed E-state index contributed by atoms with van der Waals surface area (Å²) in [7, 11) is 1.69.